The molecule has 2 aromatic rings. The summed E-state index contributed by atoms with van der Waals surface area (Å²) >= 11 is 0. The summed E-state index contributed by atoms with van der Waals surface area (Å²) in [6.07, 6.45) is 2.64. The lowest BCUT2D eigenvalue weighted by atomic mass is 10.3. The number of hydrogen-bond donors (Lipinski definition) is 2. The Morgan fingerprint density at radius 3 is 1.62 bits per heavy atom. The molecule has 0 aliphatic carbocycles. The van der Waals surface area contributed by atoms with Crippen LogP contribution in [0.1, 0.15) is 0 Å². The molecule has 2 N–H and O–H groups in total. The van der Waals surface area contributed by atoms with Gasteiger partial charge < -0.3 is 10.6 Å². The van der Waals surface area contributed by atoms with E-state index in [1.807, 2.05) is 10.6 Å². The minimum absolute atomic E-state index is 0.0761. The molecule has 0 fully saturated rings. The van der Waals surface area contributed by atoms with E-state index in [2.05, 4.69) is 9.97 Å². The van der Waals surface area contributed by atoms with Gasteiger partial charge in [-0.3, -0.25) is 9.59 Å². The maximum absolute atomic E-state index is 13.7. The fourth-order valence-electron chi connectivity index (χ4n) is 1.37. The molecule has 6 nitrogen and oxygen atoms in total. The van der Waals surface area contributed by atoms with E-state index < -0.39 is 17.7 Å². The predicted molar refractivity (Wildman–Crippen MR) is 70.7 cm³/mol. The highest BCUT2D eigenvalue weighted by molar-refractivity contribution is 6.15. The van der Waals surface area contributed by atoms with Crippen molar-refractivity contribution in [2.45, 2.75) is 5.92 Å². The third-order valence-corrected chi connectivity index (χ3v) is 2.38. The van der Waals surface area contributed by atoms with E-state index in [-0.39, 0.29) is 11.6 Å². The first-order chi connectivity index (χ1) is 10.00. The summed E-state index contributed by atoms with van der Waals surface area (Å²) < 4.78 is 27.4. The van der Waals surface area contributed by atoms with E-state index in [1.165, 1.54) is 36.7 Å². The molecule has 0 radical (unpaired) electrons. The molecule has 0 saturated carbocycles. The van der Waals surface area contributed by atoms with E-state index in [0.29, 0.717) is 0 Å². The van der Waals surface area contributed by atoms with Crippen LogP contribution in [0.25, 0.3) is 0 Å². The summed E-state index contributed by atoms with van der Waals surface area (Å²) in [4.78, 5) is 30.3. The highest BCUT2D eigenvalue weighted by Gasteiger charge is 2.47. The van der Waals surface area contributed by atoms with Gasteiger partial charge >= 0.3 is 17.7 Å². The zero-order valence-corrected chi connectivity index (χ0v) is 10.6. The van der Waals surface area contributed by atoms with Crippen molar-refractivity contribution in [3.8, 4) is 0 Å². The Morgan fingerprint density at radius 2 is 1.29 bits per heavy atom. The zero-order chi connectivity index (χ0) is 15.3. The fraction of sp³-hybridized carbons (Fsp3) is 0.0769. The molecular weight excluding hydrogens is 282 g/mol. The number of anilines is 2. The fourth-order valence-corrected chi connectivity index (χ4v) is 1.37. The van der Waals surface area contributed by atoms with Crippen molar-refractivity contribution < 1.29 is 18.4 Å². The monoisotopic (exact) mass is 292 g/mol. The van der Waals surface area contributed by atoms with Gasteiger partial charge in [0.25, 0.3) is 0 Å². The largest absolute Gasteiger partial charge is 0.401 e. The molecule has 0 aliphatic heterocycles. The van der Waals surface area contributed by atoms with Crippen LogP contribution in [0.5, 0.6) is 0 Å². The number of alkyl halides is 2. The van der Waals surface area contributed by atoms with Gasteiger partial charge in [-0.15, -0.1) is 0 Å². The lowest BCUT2D eigenvalue weighted by Gasteiger charge is -2.14. The Hall–Kier alpha value is -2.90. The summed E-state index contributed by atoms with van der Waals surface area (Å²) in [5.41, 5.74) is 0. The second kappa shape index (κ2) is 6.04. The second-order valence-corrected chi connectivity index (χ2v) is 3.91. The first-order valence-corrected chi connectivity index (χ1v) is 5.83. The van der Waals surface area contributed by atoms with E-state index in [4.69, 9.17) is 0 Å². The maximum Gasteiger partial charge on any atom is 0.401 e. The Bertz CT molecular complexity index is 580. The number of hydrogen-bond acceptors (Lipinski definition) is 4. The normalized spacial score (nSPS) is 10.8. The van der Waals surface area contributed by atoms with Gasteiger partial charge in [-0.2, -0.15) is 8.78 Å². The van der Waals surface area contributed by atoms with Gasteiger partial charge in [0, 0.05) is 12.4 Å². The Balaban J connectivity index is 2.06. The Morgan fingerprint density at radius 1 is 0.857 bits per heavy atom. The third-order valence-electron chi connectivity index (χ3n) is 2.38. The van der Waals surface area contributed by atoms with Crippen molar-refractivity contribution in [1.29, 1.82) is 0 Å². The average Bonchev–Trinajstić information content (AvgIpc) is 2.49. The van der Waals surface area contributed by atoms with Gasteiger partial charge in [-0.25, -0.2) is 9.97 Å². The van der Waals surface area contributed by atoms with Crippen LogP contribution in [-0.2, 0) is 9.59 Å². The summed E-state index contributed by atoms with van der Waals surface area (Å²) in [7, 11) is 0. The van der Waals surface area contributed by atoms with Crippen LogP contribution >= 0.6 is 0 Å². The number of carbonyl (C=O) groups is 2. The van der Waals surface area contributed by atoms with Crippen molar-refractivity contribution in [3.63, 3.8) is 0 Å². The number of aromatic nitrogens is 2. The van der Waals surface area contributed by atoms with Crippen molar-refractivity contribution in [2.24, 2.45) is 0 Å². The van der Waals surface area contributed by atoms with E-state index >= 15 is 0 Å². The smallest absolute Gasteiger partial charge is 0.305 e. The van der Waals surface area contributed by atoms with Crippen LogP contribution in [0.3, 0.4) is 0 Å². The molecule has 2 heterocycles. The predicted octanol–water partition coefficient (Wildman–Crippen LogP) is 1.69. The van der Waals surface area contributed by atoms with Crippen molar-refractivity contribution in [3.05, 3.63) is 48.8 Å². The van der Waals surface area contributed by atoms with Crippen LogP contribution < -0.4 is 10.6 Å². The van der Waals surface area contributed by atoms with Gasteiger partial charge in [-0.1, -0.05) is 12.1 Å². The van der Waals surface area contributed by atoms with Crippen LogP contribution in [0, 0.1) is 0 Å². The van der Waals surface area contributed by atoms with Crippen LogP contribution in [-0.4, -0.2) is 27.7 Å². The molecule has 0 unspecified atom stereocenters. The average molecular weight is 292 g/mol. The van der Waals surface area contributed by atoms with E-state index in [9.17, 15) is 18.4 Å². The third kappa shape index (κ3) is 3.56. The molecule has 2 amide bonds. The number of amides is 2. The van der Waals surface area contributed by atoms with Gasteiger partial charge in [0.15, 0.2) is 0 Å². The van der Waals surface area contributed by atoms with E-state index in [1.54, 1.807) is 12.1 Å². The van der Waals surface area contributed by atoms with Gasteiger partial charge in [0.1, 0.15) is 11.6 Å². The lowest BCUT2D eigenvalue weighted by molar-refractivity contribution is -0.152. The zero-order valence-electron chi connectivity index (χ0n) is 10.6. The number of pyridine rings is 2. The van der Waals surface area contributed by atoms with Gasteiger partial charge in [0.2, 0.25) is 0 Å². The molecular formula is C13H10F2N4O2. The highest BCUT2D eigenvalue weighted by atomic mass is 19.3. The standard InChI is InChI=1S/C13H10F2N4O2/c14-13(15,11(20)18-9-5-1-3-7-16-9)12(21)19-10-6-2-4-8-17-10/h1-8H,(H,16,18,20)(H,17,19,21). The van der Waals surface area contributed by atoms with Gasteiger partial charge in [0.05, 0.1) is 0 Å². The SMILES string of the molecule is O=C(Nc1ccccn1)C(F)(F)C(=O)Nc1ccccn1. The summed E-state index contributed by atoms with van der Waals surface area (Å²) in [6, 6.07) is 8.78. The molecule has 0 aliphatic rings. The van der Waals surface area contributed by atoms with Crippen molar-refractivity contribution in [2.75, 3.05) is 10.6 Å². The lowest BCUT2D eigenvalue weighted by Crippen LogP contribution is -2.45. The molecule has 108 valence electrons. The minimum atomic E-state index is -4.25. The quantitative estimate of drug-likeness (QED) is 0.840. The van der Waals surface area contributed by atoms with Crippen LogP contribution in [0.4, 0.5) is 20.4 Å². The summed E-state index contributed by atoms with van der Waals surface area (Å²) in [6.45, 7) is 0. The van der Waals surface area contributed by atoms with Crippen LogP contribution in [0.2, 0.25) is 0 Å². The summed E-state index contributed by atoms with van der Waals surface area (Å²) in [5.74, 6) is -7.94. The molecule has 0 aromatic carbocycles. The Labute approximate surface area is 118 Å². The molecule has 21 heavy (non-hydrogen) atoms. The molecule has 0 bridgehead atoms. The first kappa shape index (κ1) is 14.5. The van der Waals surface area contributed by atoms with Crippen molar-refractivity contribution >= 4 is 23.5 Å². The second-order valence-electron chi connectivity index (χ2n) is 3.91. The molecule has 8 heteroatoms. The molecule has 0 spiro atoms. The number of nitrogens with one attached hydrogen (secondary N) is 2. The van der Waals surface area contributed by atoms with Crippen molar-refractivity contribution in [1.82, 2.24) is 9.97 Å². The summed E-state index contributed by atoms with van der Waals surface area (Å²) in [5, 5.41) is 3.74. The number of halogens is 2. The van der Waals surface area contributed by atoms with Gasteiger partial charge in [-0.05, 0) is 24.3 Å². The molecule has 2 rings (SSSR count). The minimum Gasteiger partial charge on any atom is -0.305 e. The number of rotatable bonds is 4. The highest BCUT2D eigenvalue weighted by Crippen LogP contribution is 2.18. The maximum atomic E-state index is 13.7. The molecule has 2 aromatic heterocycles. The van der Waals surface area contributed by atoms with Crippen LogP contribution in [0.15, 0.2) is 48.8 Å². The molecule has 0 saturated heterocycles. The topological polar surface area (TPSA) is 84.0 Å². The number of nitrogens with zero attached hydrogens (tertiary/aromatic N) is 2. The van der Waals surface area contributed by atoms with E-state index in [0.717, 1.165) is 0 Å². The number of carbonyl (C=O) groups excluding carboxylic acids is 2. The molecule has 0 atom stereocenters. The Kier molecular flexibility index (Phi) is 4.17. The first-order valence-electron chi connectivity index (χ1n) is 5.83.